The number of nitrogens with one attached hydrogen (secondary N) is 2. The number of anilines is 1. The van der Waals surface area contributed by atoms with Gasteiger partial charge in [-0.1, -0.05) is 30.0 Å². The van der Waals surface area contributed by atoms with Crippen molar-refractivity contribution in [3.05, 3.63) is 89.5 Å². The summed E-state index contributed by atoms with van der Waals surface area (Å²) >= 11 is 2.76. The van der Waals surface area contributed by atoms with Gasteiger partial charge in [0.2, 0.25) is 0 Å². The first-order chi connectivity index (χ1) is 15.9. The third-order valence-corrected chi connectivity index (χ3v) is 6.95. The third-order valence-electron chi connectivity index (χ3n) is 5.07. The van der Waals surface area contributed by atoms with Gasteiger partial charge in [-0.2, -0.15) is 0 Å². The number of nitrogens with zero attached hydrogens (tertiary/aromatic N) is 2. The number of aromatic amines is 1. The molecule has 1 aliphatic heterocycles. The zero-order valence-corrected chi connectivity index (χ0v) is 19.4. The molecule has 2 aromatic heterocycles. The van der Waals surface area contributed by atoms with Crippen LogP contribution >= 0.6 is 23.1 Å². The Hall–Kier alpha value is -3.44. The molecule has 4 rings (SSSR count). The Morgan fingerprint density at radius 1 is 1.30 bits per heavy atom. The van der Waals surface area contributed by atoms with Crippen LogP contribution in [-0.2, 0) is 15.3 Å². The Morgan fingerprint density at radius 2 is 2.06 bits per heavy atom. The molecule has 0 spiro atoms. The molecule has 1 atom stereocenters. The Labute approximate surface area is 197 Å². The molecule has 0 fully saturated rings. The van der Waals surface area contributed by atoms with Gasteiger partial charge in [0.1, 0.15) is 5.82 Å². The van der Waals surface area contributed by atoms with E-state index in [9.17, 15) is 19.7 Å². The lowest BCUT2D eigenvalue weighted by atomic mass is 9.86. The van der Waals surface area contributed by atoms with Crippen molar-refractivity contribution < 1.29 is 14.5 Å². The minimum absolute atomic E-state index is 0.0209. The molecule has 0 bridgehead atoms. The maximum absolute atomic E-state index is 13.2. The first-order valence-electron chi connectivity index (χ1n) is 10.1. The maximum Gasteiger partial charge on any atom is 0.336 e. The van der Waals surface area contributed by atoms with Crippen molar-refractivity contribution >= 4 is 40.6 Å². The lowest BCUT2D eigenvalue weighted by Crippen LogP contribution is -2.30. The summed E-state index contributed by atoms with van der Waals surface area (Å²) in [5.41, 5.74) is 1.88. The number of non-ortho nitro benzene ring substituents is 1. The van der Waals surface area contributed by atoms with E-state index < -0.39 is 16.8 Å². The Kier molecular flexibility index (Phi) is 6.61. The monoisotopic (exact) mass is 484 g/mol. The number of nitro benzene ring substituents is 1. The number of esters is 1. The number of nitro groups is 1. The predicted molar refractivity (Wildman–Crippen MR) is 127 cm³/mol. The van der Waals surface area contributed by atoms with Crippen LogP contribution < -0.4 is 10.9 Å². The topological polar surface area (TPSA) is 127 Å². The van der Waals surface area contributed by atoms with Crippen LogP contribution in [0.5, 0.6) is 0 Å². The number of ether oxygens (including phenoxy) is 1. The van der Waals surface area contributed by atoms with Crippen LogP contribution in [0.15, 0.2) is 63.0 Å². The van der Waals surface area contributed by atoms with E-state index in [-0.39, 0.29) is 17.9 Å². The van der Waals surface area contributed by atoms with Crippen LogP contribution in [0, 0.1) is 10.1 Å². The number of H-pyrrole nitrogens is 1. The molecule has 2 N–H and O–H groups in total. The quantitative estimate of drug-likeness (QED) is 0.166. The fourth-order valence-electron chi connectivity index (χ4n) is 3.58. The highest BCUT2D eigenvalue weighted by Gasteiger charge is 2.36. The molecule has 0 amide bonds. The lowest BCUT2D eigenvalue weighted by molar-refractivity contribution is -0.384. The SMILES string of the molecule is CCOC(=O)C1=C(C)Nc2nc(SCc3ccc([N+](=O)[O-])cc3)[nH]c(=O)c2C1c1cccs1. The smallest absolute Gasteiger partial charge is 0.336 e. The van der Waals surface area contributed by atoms with E-state index in [4.69, 9.17) is 4.74 Å². The summed E-state index contributed by atoms with van der Waals surface area (Å²) in [5.74, 6) is -0.182. The number of thioether (sulfide) groups is 1. The molecule has 3 heterocycles. The van der Waals surface area contributed by atoms with E-state index >= 15 is 0 Å². The molecular formula is C22H20N4O5S2. The van der Waals surface area contributed by atoms with Crippen LogP contribution in [0.3, 0.4) is 0 Å². The van der Waals surface area contributed by atoms with Gasteiger partial charge in [-0.15, -0.1) is 11.3 Å². The number of hydrogen-bond donors (Lipinski definition) is 2. The van der Waals surface area contributed by atoms with E-state index in [2.05, 4.69) is 15.3 Å². The summed E-state index contributed by atoms with van der Waals surface area (Å²) in [7, 11) is 0. The van der Waals surface area contributed by atoms with Crippen molar-refractivity contribution in [2.45, 2.75) is 30.7 Å². The van der Waals surface area contributed by atoms with Crippen LogP contribution in [0.1, 0.15) is 35.8 Å². The van der Waals surface area contributed by atoms with Crippen molar-refractivity contribution in [3.63, 3.8) is 0 Å². The van der Waals surface area contributed by atoms with Gasteiger partial charge in [-0.3, -0.25) is 14.9 Å². The largest absolute Gasteiger partial charge is 0.463 e. The van der Waals surface area contributed by atoms with Gasteiger partial charge in [0.25, 0.3) is 11.2 Å². The highest BCUT2D eigenvalue weighted by Crippen LogP contribution is 2.41. The molecular weight excluding hydrogens is 464 g/mol. The summed E-state index contributed by atoms with van der Waals surface area (Å²) in [5, 5.41) is 16.2. The highest BCUT2D eigenvalue weighted by atomic mass is 32.2. The minimum atomic E-state index is -0.578. The van der Waals surface area contributed by atoms with E-state index in [1.807, 2.05) is 17.5 Å². The number of allylic oxidation sites excluding steroid dienone is 1. The first-order valence-corrected chi connectivity index (χ1v) is 11.9. The van der Waals surface area contributed by atoms with E-state index in [1.165, 1.54) is 35.2 Å². The van der Waals surface area contributed by atoms with Gasteiger partial charge in [-0.25, -0.2) is 9.78 Å². The zero-order chi connectivity index (χ0) is 23.5. The summed E-state index contributed by atoms with van der Waals surface area (Å²) < 4.78 is 5.26. The summed E-state index contributed by atoms with van der Waals surface area (Å²) in [6.45, 7) is 3.73. The van der Waals surface area contributed by atoms with Gasteiger partial charge in [-0.05, 0) is 30.9 Å². The molecule has 1 unspecified atom stereocenters. The number of thiophene rings is 1. The molecule has 3 aromatic rings. The minimum Gasteiger partial charge on any atom is -0.463 e. The number of aromatic nitrogens is 2. The fourth-order valence-corrected chi connectivity index (χ4v) is 5.24. The normalized spacial score (nSPS) is 15.0. The molecule has 0 aliphatic carbocycles. The zero-order valence-electron chi connectivity index (χ0n) is 17.8. The van der Waals surface area contributed by atoms with E-state index in [1.54, 1.807) is 26.0 Å². The molecule has 33 heavy (non-hydrogen) atoms. The second-order valence-electron chi connectivity index (χ2n) is 7.18. The van der Waals surface area contributed by atoms with Crippen molar-refractivity contribution in [1.29, 1.82) is 0 Å². The van der Waals surface area contributed by atoms with Gasteiger partial charge in [0.15, 0.2) is 5.16 Å². The molecule has 9 nitrogen and oxygen atoms in total. The van der Waals surface area contributed by atoms with Crippen molar-refractivity contribution in [3.8, 4) is 0 Å². The molecule has 11 heteroatoms. The molecule has 1 aliphatic rings. The Morgan fingerprint density at radius 3 is 2.70 bits per heavy atom. The molecule has 0 radical (unpaired) electrons. The van der Waals surface area contributed by atoms with Crippen molar-refractivity contribution in [2.75, 3.05) is 11.9 Å². The van der Waals surface area contributed by atoms with Gasteiger partial charge in [0, 0.05) is 28.5 Å². The summed E-state index contributed by atoms with van der Waals surface area (Å²) in [6.07, 6.45) is 0. The number of carbonyl (C=O) groups excluding carboxylic acids is 1. The fraction of sp³-hybridized carbons (Fsp3) is 0.227. The standard InChI is InChI=1S/C22H20N4O5S2/c1-3-31-21(28)16-12(2)23-19-18(17(16)15-5-4-10-32-15)20(27)25-22(24-19)33-11-13-6-8-14(9-7-13)26(29)30/h4-10,17H,3,11H2,1-2H3,(H2,23,24,25,27). The average Bonchev–Trinajstić information content (AvgIpc) is 3.31. The molecule has 1 aromatic carbocycles. The summed E-state index contributed by atoms with van der Waals surface area (Å²) in [4.78, 5) is 44.5. The number of benzene rings is 1. The number of hydrogen-bond acceptors (Lipinski definition) is 9. The first kappa shape index (κ1) is 22.7. The van der Waals surface area contributed by atoms with Crippen LogP contribution in [-0.4, -0.2) is 27.5 Å². The molecule has 0 saturated carbocycles. The third kappa shape index (κ3) is 4.69. The Balaban J connectivity index is 1.66. The lowest BCUT2D eigenvalue weighted by Gasteiger charge is -2.27. The molecule has 0 saturated heterocycles. The van der Waals surface area contributed by atoms with Gasteiger partial charge < -0.3 is 15.0 Å². The van der Waals surface area contributed by atoms with Gasteiger partial charge in [0.05, 0.1) is 28.6 Å². The number of rotatable bonds is 7. The summed E-state index contributed by atoms with van der Waals surface area (Å²) in [6, 6.07) is 9.98. The van der Waals surface area contributed by atoms with E-state index in [0.717, 1.165) is 10.4 Å². The second kappa shape index (κ2) is 9.59. The Bertz CT molecular complexity index is 1280. The van der Waals surface area contributed by atoms with Crippen LogP contribution in [0.2, 0.25) is 0 Å². The van der Waals surface area contributed by atoms with Crippen molar-refractivity contribution in [2.24, 2.45) is 0 Å². The van der Waals surface area contributed by atoms with E-state index in [0.29, 0.717) is 33.6 Å². The molecule has 170 valence electrons. The van der Waals surface area contributed by atoms with Crippen LogP contribution in [0.4, 0.5) is 11.5 Å². The highest BCUT2D eigenvalue weighted by molar-refractivity contribution is 7.98. The van der Waals surface area contributed by atoms with Gasteiger partial charge >= 0.3 is 5.97 Å². The second-order valence-corrected chi connectivity index (χ2v) is 9.12. The maximum atomic E-state index is 13.2. The van der Waals surface area contributed by atoms with Crippen molar-refractivity contribution in [1.82, 2.24) is 9.97 Å². The predicted octanol–water partition coefficient (Wildman–Crippen LogP) is 4.43. The number of carbonyl (C=O) groups is 1. The average molecular weight is 485 g/mol. The number of fused-ring (bicyclic) bond motifs is 1. The van der Waals surface area contributed by atoms with Crippen LogP contribution in [0.25, 0.3) is 0 Å².